The molecule has 1 unspecified atom stereocenters. The molecule has 1 N–H and O–H groups in total. The standard InChI is InChI=1S/C23H24FNO3/c1-13-8-16-10-17(12-25-22(27)23(3)6-7-23)28-21(16)19(9-13)18-11-15(14(2)26)4-5-20(18)24/h4-5,8-9,11,17H,6-7,10,12H2,1-3H3,(H,25,27). The van der Waals surface area contributed by atoms with Gasteiger partial charge in [-0.15, -0.1) is 0 Å². The van der Waals surface area contributed by atoms with E-state index >= 15 is 0 Å². The van der Waals surface area contributed by atoms with Crippen molar-refractivity contribution in [2.24, 2.45) is 5.41 Å². The molecule has 4 rings (SSSR count). The third-order valence-corrected chi connectivity index (χ3v) is 5.74. The van der Waals surface area contributed by atoms with Crippen molar-refractivity contribution in [2.75, 3.05) is 6.54 Å². The Labute approximate surface area is 164 Å². The van der Waals surface area contributed by atoms with Crippen LogP contribution in [0.4, 0.5) is 4.39 Å². The summed E-state index contributed by atoms with van der Waals surface area (Å²) in [6, 6.07) is 8.32. The van der Waals surface area contributed by atoms with Gasteiger partial charge in [-0.25, -0.2) is 4.39 Å². The number of halogens is 1. The van der Waals surface area contributed by atoms with E-state index in [1.54, 1.807) is 6.07 Å². The first kappa shape index (κ1) is 18.7. The van der Waals surface area contributed by atoms with Gasteiger partial charge >= 0.3 is 0 Å². The fraction of sp³-hybridized carbons (Fsp3) is 0.391. The SMILES string of the molecule is CC(=O)c1ccc(F)c(-c2cc(C)cc3c2OC(CNC(=O)C2(C)CC2)C3)c1. The highest BCUT2D eigenvalue weighted by Crippen LogP contribution is 2.45. The lowest BCUT2D eigenvalue weighted by Gasteiger charge is -2.16. The summed E-state index contributed by atoms with van der Waals surface area (Å²) < 4.78 is 20.7. The van der Waals surface area contributed by atoms with Gasteiger partial charge in [-0.3, -0.25) is 9.59 Å². The van der Waals surface area contributed by atoms with Crippen molar-refractivity contribution in [1.29, 1.82) is 0 Å². The predicted octanol–water partition coefficient (Wildman–Crippen LogP) is 4.22. The Morgan fingerprint density at radius 2 is 1.96 bits per heavy atom. The van der Waals surface area contributed by atoms with Gasteiger partial charge in [-0.1, -0.05) is 13.0 Å². The summed E-state index contributed by atoms with van der Waals surface area (Å²) in [4.78, 5) is 23.9. The Bertz CT molecular complexity index is 978. The number of aryl methyl sites for hydroxylation is 1. The molecule has 1 aliphatic carbocycles. The molecule has 1 fully saturated rings. The molecule has 0 spiro atoms. The fourth-order valence-corrected chi connectivity index (χ4v) is 3.69. The first-order chi connectivity index (χ1) is 13.3. The zero-order chi connectivity index (χ0) is 20.1. The molecule has 2 aromatic rings. The lowest BCUT2D eigenvalue weighted by Crippen LogP contribution is -2.38. The summed E-state index contributed by atoms with van der Waals surface area (Å²) in [5.41, 5.74) is 3.26. The molecular formula is C23H24FNO3. The average molecular weight is 381 g/mol. The van der Waals surface area contributed by atoms with E-state index < -0.39 is 0 Å². The van der Waals surface area contributed by atoms with E-state index in [1.807, 2.05) is 26.0 Å². The maximum Gasteiger partial charge on any atom is 0.226 e. The number of amides is 1. The van der Waals surface area contributed by atoms with Gasteiger partial charge in [0.05, 0.1) is 6.54 Å². The van der Waals surface area contributed by atoms with Crippen LogP contribution in [0.25, 0.3) is 11.1 Å². The van der Waals surface area contributed by atoms with E-state index in [2.05, 4.69) is 5.32 Å². The van der Waals surface area contributed by atoms with E-state index in [1.165, 1.54) is 19.1 Å². The molecule has 0 radical (unpaired) electrons. The van der Waals surface area contributed by atoms with Gasteiger partial charge < -0.3 is 10.1 Å². The van der Waals surface area contributed by atoms with Crippen LogP contribution in [0.5, 0.6) is 5.75 Å². The Hall–Kier alpha value is -2.69. The van der Waals surface area contributed by atoms with E-state index in [9.17, 15) is 14.0 Å². The third-order valence-electron chi connectivity index (χ3n) is 5.74. The van der Waals surface area contributed by atoms with Crippen LogP contribution in [0.15, 0.2) is 30.3 Å². The quantitative estimate of drug-likeness (QED) is 0.789. The van der Waals surface area contributed by atoms with Crippen molar-refractivity contribution < 1.29 is 18.7 Å². The molecular weight excluding hydrogens is 357 g/mol. The number of carbonyl (C=O) groups is 2. The second-order valence-electron chi connectivity index (χ2n) is 8.27. The lowest BCUT2D eigenvalue weighted by molar-refractivity contribution is -0.126. The zero-order valence-electron chi connectivity index (χ0n) is 16.4. The highest BCUT2D eigenvalue weighted by molar-refractivity contribution is 5.95. The molecule has 1 heterocycles. The number of rotatable bonds is 5. The van der Waals surface area contributed by atoms with Crippen LogP contribution in [0.1, 0.15) is 48.2 Å². The van der Waals surface area contributed by atoms with E-state index in [4.69, 9.17) is 4.74 Å². The van der Waals surface area contributed by atoms with E-state index in [-0.39, 0.29) is 29.0 Å². The first-order valence-corrected chi connectivity index (χ1v) is 9.66. The second kappa shape index (κ2) is 6.73. The Kier molecular flexibility index (Phi) is 4.48. The highest BCUT2D eigenvalue weighted by atomic mass is 19.1. The van der Waals surface area contributed by atoms with Crippen molar-refractivity contribution in [3.8, 4) is 16.9 Å². The fourth-order valence-electron chi connectivity index (χ4n) is 3.69. The van der Waals surface area contributed by atoms with Gasteiger partial charge in [0.15, 0.2) is 5.78 Å². The number of ether oxygens (including phenoxy) is 1. The molecule has 1 amide bonds. The van der Waals surface area contributed by atoms with Crippen LogP contribution in [0, 0.1) is 18.2 Å². The van der Waals surface area contributed by atoms with Crippen molar-refractivity contribution in [3.63, 3.8) is 0 Å². The summed E-state index contributed by atoms with van der Waals surface area (Å²) in [6.07, 6.45) is 2.34. The molecule has 0 saturated heterocycles. The molecule has 1 saturated carbocycles. The molecule has 0 bridgehead atoms. The molecule has 1 atom stereocenters. The molecule has 2 aliphatic rings. The molecule has 4 nitrogen and oxygen atoms in total. The molecule has 2 aromatic carbocycles. The normalized spacial score (nSPS) is 18.9. The van der Waals surface area contributed by atoms with Gasteiger partial charge in [0.25, 0.3) is 0 Å². The highest BCUT2D eigenvalue weighted by Gasteiger charge is 2.45. The smallest absolute Gasteiger partial charge is 0.226 e. The van der Waals surface area contributed by atoms with Crippen LogP contribution in [0.3, 0.4) is 0 Å². The van der Waals surface area contributed by atoms with Crippen molar-refractivity contribution in [2.45, 2.75) is 46.1 Å². The van der Waals surface area contributed by atoms with Crippen molar-refractivity contribution in [1.82, 2.24) is 5.32 Å². The Balaban J connectivity index is 1.61. The molecule has 1 aliphatic heterocycles. The first-order valence-electron chi connectivity index (χ1n) is 9.66. The predicted molar refractivity (Wildman–Crippen MR) is 105 cm³/mol. The van der Waals surface area contributed by atoms with E-state index in [0.717, 1.165) is 24.0 Å². The summed E-state index contributed by atoms with van der Waals surface area (Å²) in [6.45, 7) is 5.82. The Morgan fingerprint density at radius 3 is 2.64 bits per heavy atom. The monoisotopic (exact) mass is 381 g/mol. The molecule has 28 heavy (non-hydrogen) atoms. The minimum Gasteiger partial charge on any atom is -0.487 e. The van der Waals surface area contributed by atoms with Gasteiger partial charge in [-0.05, 0) is 62.1 Å². The summed E-state index contributed by atoms with van der Waals surface area (Å²) >= 11 is 0. The van der Waals surface area contributed by atoms with Gasteiger partial charge in [0.2, 0.25) is 5.91 Å². The summed E-state index contributed by atoms with van der Waals surface area (Å²) in [7, 11) is 0. The zero-order valence-corrected chi connectivity index (χ0v) is 16.4. The van der Waals surface area contributed by atoms with Crippen LogP contribution in [-0.4, -0.2) is 24.3 Å². The van der Waals surface area contributed by atoms with Crippen LogP contribution in [-0.2, 0) is 11.2 Å². The second-order valence-corrected chi connectivity index (χ2v) is 8.27. The number of hydrogen-bond donors (Lipinski definition) is 1. The number of Topliss-reactive ketones (excluding diaryl/α,β-unsaturated/α-hetero) is 1. The largest absolute Gasteiger partial charge is 0.487 e. The summed E-state index contributed by atoms with van der Waals surface area (Å²) in [5, 5.41) is 2.99. The maximum atomic E-state index is 14.6. The van der Waals surface area contributed by atoms with Crippen LogP contribution >= 0.6 is 0 Å². The number of carbonyl (C=O) groups excluding carboxylic acids is 2. The van der Waals surface area contributed by atoms with Crippen molar-refractivity contribution in [3.05, 3.63) is 52.8 Å². The van der Waals surface area contributed by atoms with Crippen molar-refractivity contribution >= 4 is 11.7 Å². The average Bonchev–Trinajstić information content (AvgIpc) is 3.26. The van der Waals surface area contributed by atoms with Gasteiger partial charge in [0.1, 0.15) is 17.7 Å². The number of hydrogen-bond acceptors (Lipinski definition) is 3. The lowest BCUT2D eigenvalue weighted by atomic mass is 9.95. The number of nitrogens with one attached hydrogen (secondary N) is 1. The minimum absolute atomic E-state index is 0.0728. The van der Waals surface area contributed by atoms with Gasteiger partial charge in [0, 0.05) is 28.5 Å². The van der Waals surface area contributed by atoms with E-state index in [0.29, 0.717) is 35.4 Å². The minimum atomic E-state index is -0.389. The number of fused-ring (bicyclic) bond motifs is 1. The molecule has 0 aromatic heterocycles. The maximum absolute atomic E-state index is 14.6. The third kappa shape index (κ3) is 3.41. The topological polar surface area (TPSA) is 55.4 Å². The summed E-state index contributed by atoms with van der Waals surface area (Å²) in [5.74, 6) is 0.214. The number of ketones is 1. The van der Waals surface area contributed by atoms with Crippen LogP contribution < -0.4 is 10.1 Å². The molecule has 146 valence electrons. The Morgan fingerprint density at radius 1 is 1.21 bits per heavy atom. The number of benzene rings is 2. The van der Waals surface area contributed by atoms with Gasteiger partial charge in [-0.2, -0.15) is 0 Å². The van der Waals surface area contributed by atoms with Crippen LogP contribution in [0.2, 0.25) is 0 Å². The molecule has 5 heteroatoms.